The number of hydrogen-bond acceptors (Lipinski definition) is 8. The van der Waals surface area contributed by atoms with Crippen molar-refractivity contribution in [2.75, 3.05) is 28.2 Å². The number of nitrogens with zero attached hydrogens (tertiary/aromatic N) is 4. The van der Waals surface area contributed by atoms with E-state index in [4.69, 9.17) is 0 Å². The zero-order valence-electron chi connectivity index (χ0n) is 60.1. The van der Waals surface area contributed by atoms with Crippen molar-refractivity contribution in [3.63, 3.8) is 0 Å². The average molecular weight is 1230 g/mol. The summed E-state index contributed by atoms with van der Waals surface area (Å²) in [5.74, 6) is -10.0. The number of carboxylic acid groups (broad SMARTS) is 4. The van der Waals surface area contributed by atoms with Crippen LogP contribution in [0.15, 0.2) is 0 Å². The van der Waals surface area contributed by atoms with Crippen LogP contribution < -0.4 is 0 Å². The Balaban J connectivity index is 1.71. The van der Waals surface area contributed by atoms with E-state index >= 15 is 19.2 Å². The van der Waals surface area contributed by atoms with Gasteiger partial charge in [-0.3, -0.25) is 38.8 Å². The molecular formula is C76H134N4O8. The molecule has 506 valence electrons. The summed E-state index contributed by atoms with van der Waals surface area (Å²) in [4.78, 5) is 78.9. The first-order chi connectivity index (χ1) is 40.6. The molecule has 0 spiro atoms. The highest BCUT2D eigenvalue weighted by Gasteiger charge is 2.86. The maximum absolute atomic E-state index is 18.2. The summed E-state index contributed by atoms with van der Waals surface area (Å²) in [6, 6.07) is 0. The molecule has 4 N–H and O–H groups in total. The van der Waals surface area contributed by atoms with Crippen LogP contribution in [0.5, 0.6) is 0 Å². The first-order valence-corrected chi connectivity index (χ1v) is 36.5. The van der Waals surface area contributed by atoms with Crippen LogP contribution in [0, 0.1) is 87.3 Å². The van der Waals surface area contributed by atoms with E-state index in [1.165, 1.54) is 0 Å². The molecule has 4 heterocycles. The van der Waals surface area contributed by atoms with Gasteiger partial charge in [0.25, 0.3) is 0 Å². The summed E-state index contributed by atoms with van der Waals surface area (Å²) < 4.78 is 0. The lowest BCUT2D eigenvalue weighted by Crippen LogP contribution is -2.82. The molecule has 0 amide bonds. The van der Waals surface area contributed by atoms with E-state index in [0.29, 0.717) is 38.5 Å². The van der Waals surface area contributed by atoms with Crippen LogP contribution in [0.4, 0.5) is 0 Å². The molecule has 8 fully saturated rings. The van der Waals surface area contributed by atoms with E-state index in [0.717, 1.165) is 128 Å². The molecule has 12 nitrogen and oxygen atoms in total. The summed E-state index contributed by atoms with van der Waals surface area (Å²) in [7, 11) is 8.73. The van der Waals surface area contributed by atoms with Gasteiger partial charge in [0.1, 0.15) is 5.41 Å². The molecule has 0 aromatic rings. The SMILES string of the molecule is CN1C(C)(C)CC(C(CC(=O)O)(C(=O)O)C(C(=O)O)(C2CC(C)(C)N(C)C(C)(C)C2CC2CCCCC2)C(C(=O)O)(C2CC(C)(C)N(C)C(C)(C)C2CC2CCCCC2)C2CC(C)(C)N(C)C(C)(C)C2CC2CCCCC2)C(CC2CCCCC2)C1(C)C. The van der Waals surface area contributed by atoms with Crippen LogP contribution in [-0.2, 0) is 19.2 Å². The highest BCUT2D eigenvalue weighted by atomic mass is 16.4. The van der Waals surface area contributed by atoms with Gasteiger partial charge in [-0.1, -0.05) is 128 Å². The third kappa shape index (κ3) is 12.0. The predicted molar refractivity (Wildman–Crippen MR) is 357 cm³/mol. The van der Waals surface area contributed by atoms with Crippen molar-refractivity contribution >= 4 is 23.9 Å². The van der Waals surface area contributed by atoms with Gasteiger partial charge in [-0.25, -0.2) is 0 Å². The van der Waals surface area contributed by atoms with Gasteiger partial charge in [-0.15, -0.1) is 0 Å². The molecular weight excluding hydrogens is 1100 g/mol. The number of piperidine rings is 4. The van der Waals surface area contributed by atoms with E-state index < -0.39 is 138 Å². The lowest BCUT2D eigenvalue weighted by Gasteiger charge is -2.75. The summed E-state index contributed by atoms with van der Waals surface area (Å²) in [6.07, 6.45) is 23.8. The third-order valence-electron chi connectivity index (χ3n) is 30.0. The second-order valence-corrected chi connectivity index (χ2v) is 36.9. The molecule has 10 unspecified atom stereocenters. The molecule has 0 radical (unpaired) electrons. The molecule has 8 aliphatic rings. The fourth-order valence-corrected chi connectivity index (χ4v) is 24.3. The van der Waals surface area contributed by atoms with Crippen LogP contribution >= 0.6 is 0 Å². The monoisotopic (exact) mass is 1230 g/mol. The summed E-state index contributed by atoms with van der Waals surface area (Å²) >= 11 is 0. The van der Waals surface area contributed by atoms with Crippen molar-refractivity contribution in [1.29, 1.82) is 0 Å². The zero-order valence-corrected chi connectivity index (χ0v) is 60.1. The molecule has 0 bridgehead atoms. The van der Waals surface area contributed by atoms with Gasteiger partial charge in [0, 0.05) is 44.3 Å². The lowest BCUT2D eigenvalue weighted by molar-refractivity contribution is -0.294. The first kappa shape index (κ1) is 71.6. The van der Waals surface area contributed by atoms with Crippen LogP contribution in [0.25, 0.3) is 0 Å². The Morgan fingerprint density at radius 3 is 0.818 bits per heavy atom. The zero-order chi connectivity index (χ0) is 65.6. The molecule has 4 saturated carbocycles. The minimum atomic E-state index is -2.72. The maximum atomic E-state index is 18.2. The minimum absolute atomic E-state index is 0.209. The molecule has 12 heteroatoms. The second kappa shape index (κ2) is 25.5. The quantitative estimate of drug-likeness (QED) is 0.0970. The van der Waals surface area contributed by atoms with E-state index in [1.54, 1.807) is 0 Å². The molecule has 88 heavy (non-hydrogen) atoms. The van der Waals surface area contributed by atoms with Gasteiger partial charge in [-0.2, -0.15) is 0 Å². The van der Waals surface area contributed by atoms with Gasteiger partial charge in [0.05, 0.1) is 17.3 Å². The van der Waals surface area contributed by atoms with Gasteiger partial charge in [0.15, 0.2) is 0 Å². The minimum Gasteiger partial charge on any atom is -0.481 e. The molecule has 4 saturated heterocycles. The maximum Gasteiger partial charge on any atom is 0.312 e. The molecule has 4 aliphatic heterocycles. The fraction of sp³-hybridized carbons (Fsp3) is 0.947. The summed E-state index contributed by atoms with van der Waals surface area (Å²) in [5.41, 5.74) is -13.6. The van der Waals surface area contributed by atoms with Crippen molar-refractivity contribution in [2.45, 2.75) is 341 Å². The lowest BCUT2D eigenvalue weighted by atomic mass is 9.29. The van der Waals surface area contributed by atoms with Gasteiger partial charge in [-0.05, 0) is 261 Å². The Labute approximate surface area is 537 Å². The Morgan fingerprint density at radius 2 is 0.580 bits per heavy atom. The van der Waals surface area contributed by atoms with Crippen LogP contribution in [0.2, 0.25) is 0 Å². The number of likely N-dealkylation sites (tertiary alicyclic amines) is 4. The normalized spacial score (nSPS) is 35.6. The van der Waals surface area contributed by atoms with E-state index in [9.17, 15) is 20.4 Å². The highest BCUT2D eigenvalue weighted by Crippen LogP contribution is 2.78. The van der Waals surface area contributed by atoms with Crippen molar-refractivity contribution in [1.82, 2.24) is 19.6 Å². The Hall–Kier alpha value is -2.28. The number of carbonyl (C=O) groups is 4. The smallest absolute Gasteiger partial charge is 0.312 e. The Kier molecular flexibility index (Phi) is 20.7. The van der Waals surface area contributed by atoms with Crippen LogP contribution in [-0.4, -0.2) is 136 Å². The average Bonchev–Trinajstić information content (AvgIpc) is 0.648. The van der Waals surface area contributed by atoms with Gasteiger partial charge in [0.2, 0.25) is 0 Å². The Bertz CT molecular complexity index is 2390. The van der Waals surface area contributed by atoms with E-state index in [-0.39, 0.29) is 36.5 Å². The molecule has 8 rings (SSSR count). The van der Waals surface area contributed by atoms with E-state index in [2.05, 4.69) is 159 Å². The van der Waals surface area contributed by atoms with E-state index in [1.807, 2.05) is 0 Å². The summed E-state index contributed by atoms with van der Waals surface area (Å²) in [5, 5.41) is 56.2. The molecule has 4 aliphatic carbocycles. The third-order valence-corrected chi connectivity index (χ3v) is 30.0. The first-order valence-electron chi connectivity index (χ1n) is 36.5. The topological polar surface area (TPSA) is 162 Å². The molecule has 0 aromatic carbocycles. The van der Waals surface area contributed by atoms with Gasteiger partial charge >= 0.3 is 23.9 Å². The predicted octanol–water partition coefficient (Wildman–Crippen LogP) is 17.1. The number of carboxylic acids is 4. The van der Waals surface area contributed by atoms with Crippen molar-refractivity contribution < 1.29 is 39.6 Å². The van der Waals surface area contributed by atoms with Crippen molar-refractivity contribution in [2.24, 2.45) is 87.3 Å². The second-order valence-electron chi connectivity index (χ2n) is 36.9. The van der Waals surface area contributed by atoms with Crippen molar-refractivity contribution in [3.05, 3.63) is 0 Å². The van der Waals surface area contributed by atoms with Crippen LogP contribution in [0.3, 0.4) is 0 Å². The largest absolute Gasteiger partial charge is 0.481 e. The summed E-state index contributed by atoms with van der Waals surface area (Å²) in [6.45, 7) is 35.9. The number of hydrogen-bond donors (Lipinski definition) is 4. The number of rotatable bonds is 19. The van der Waals surface area contributed by atoms with Crippen molar-refractivity contribution in [3.8, 4) is 0 Å². The number of aliphatic carboxylic acids is 4. The van der Waals surface area contributed by atoms with Gasteiger partial charge < -0.3 is 20.4 Å². The highest BCUT2D eigenvalue weighted by molar-refractivity contribution is 5.96. The molecule has 10 atom stereocenters. The standard InChI is InChI=1S/C76H134N4O8/c1-66(2)45-58(54(70(9,10)77(66)17)41-50-33-25-21-26-34-50)74(63(83)84,49-62(81)82)76(65(87)88,61-48-69(7,8)80(20)73(15,16)57(61)44-53-39-31-24-32-40-53)75(64(85)86,59-46-67(3,4)78(18)71(11,12)55(59)42-51-35-27-22-28-36-51)60-47-68(5,6)79(19)72(13,14)56(60)43-52-37-29-23-30-38-52/h50-61H,21-49H2,1-20H3,(H,81,82)(H,83,84)(H,85,86)(H,87,88). The fourth-order valence-electron chi connectivity index (χ4n) is 24.3. The Morgan fingerprint density at radius 1 is 0.341 bits per heavy atom. The van der Waals surface area contributed by atoms with Crippen LogP contribution in [0.1, 0.15) is 297 Å². The molecule has 0 aromatic heterocycles.